The van der Waals surface area contributed by atoms with Crippen LogP contribution in [0.5, 0.6) is 5.75 Å². The summed E-state index contributed by atoms with van der Waals surface area (Å²) in [6, 6.07) is 12.5. The molecule has 0 aliphatic heterocycles. The maximum absolute atomic E-state index is 12.3. The third kappa shape index (κ3) is 3.09. The molecule has 0 saturated heterocycles. The van der Waals surface area contributed by atoms with Crippen molar-refractivity contribution >= 4 is 16.9 Å². The number of ether oxygens (including phenoxy) is 1. The van der Waals surface area contributed by atoms with Gasteiger partial charge >= 0.3 is 0 Å². The number of fused-ring (bicyclic) bond motifs is 1. The predicted octanol–water partition coefficient (Wildman–Crippen LogP) is 1.68. The van der Waals surface area contributed by atoms with Crippen molar-refractivity contribution in [3.8, 4) is 17.1 Å². The summed E-state index contributed by atoms with van der Waals surface area (Å²) >= 11 is 0. The first-order valence-electron chi connectivity index (χ1n) is 7.87. The molecule has 26 heavy (non-hydrogen) atoms. The minimum atomic E-state index is -0.225. The predicted molar refractivity (Wildman–Crippen MR) is 93.4 cm³/mol. The molecule has 0 fully saturated rings. The van der Waals surface area contributed by atoms with Gasteiger partial charge in [-0.2, -0.15) is 20.5 Å². The highest BCUT2D eigenvalue weighted by molar-refractivity contribution is 5.97. The molecule has 9 nitrogen and oxygen atoms in total. The summed E-state index contributed by atoms with van der Waals surface area (Å²) in [6.07, 6.45) is 0. The molecule has 9 heteroatoms. The van der Waals surface area contributed by atoms with Gasteiger partial charge in [-0.15, -0.1) is 0 Å². The van der Waals surface area contributed by atoms with Crippen LogP contribution in [0, 0.1) is 0 Å². The van der Waals surface area contributed by atoms with Crippen LogP contribution in [-0.4, -0.2) is 43.6 Å². The van der Waals surface area contributed by atoms with Gasteiger partial charge in [0, 0.05) is 11.1 Å². The Bertz CT molecular complexity index is 1050. The Labute approximate surface area is 147 Å². The molecule has 0 atom stereocenters. The van der Waals surface area contributed by atoms with Crippen molar-refractivity contribution in [1.29, 1.82) is 0 Å². The fourth-order valence-corrected chi connectivity index (χ4v) is 2.49. The molecule has 0 spiro atoms. The van der Waals surface area contributed by atoms with Gasteiger partial charge in [0.1, 0.15) is 22.6 Å². The summed E-state index contributed by atoms with van der Waals surface area (Å²) in [5, 5.41) is 20.3. The number of carbonyl (C=O) groups excluding carboxylic acids is 1. The zero-order chi connectivity index (χ0) is 17.9. The Morgan fingerprint density at radius 3 is 2.69 bits per heavy atom. The molecule has 4 rings (SSSR count). The number of nitrogens with zero attached hydrogens (tertiary/aromatic N) is 4. The molecule has 0 unspecified atom stereocenters. The summed E-state index contributed by atoms with van der Waals surface area (Å²) < 4.78 is 5.13. The van der Waals surface area contributed by atoms with Gasteiger partial charge in [-0.3, -0.25) is 9.89 Å². The van der Waals surface area contributed by atoms with Crippen LogP contribution in [0.1, 0.15) is 16.2 Å². The summed E-state index contributed by atoms with van der Waals surface area (Å²) in [6.45, 7) is 0.235. The lowest BCUT2D eigenvalue weighted by Gasteiger charge is -2.02. The zero-order valence-electron chi connectivity index (χ0n) is 13.9. The number of rotatable bonds is 5. The first-order valence-corrected chi connectivity index (χ1v) is 7.87. The van der Waals surface area contributed by atoms with E-state index in [2.05, 4.69) is 35.9 Å². The standard InChI is InChI=1S/C17H15N7O2/c1-26-12-5-2-10(3-6-12)16-19-15(22-23-16)9-18-17(25)11-4-7-13-14(8-11)21-24-20-13/h2-8H,9H2,1H3,(H,18,25)(H,19,22,23)(H,20,21,24). The van der Waals surface area contributed by atoms with E-state index in [1.807, 2.05) is 24.3 Å². The van der Waals surface area contributed by atoms with Crippen molar-refractivity contribution in [1.82, 2.24) is 35.9 Å². The number of carbonyl (C=O) groups is 1. The molecule has 0 radical (unpaired) electrons. The lowest BCUT2D eigenvalue weighted by molar-refractivity contribution is 0.0950. The van der Waals surface area contributed by atoms with Crippen molar-refractivity contribution < 1.29 is 9.53 Å². The molecule has 1 amide bonds. The monoisotopic (exact) mass is 349 g/mol. The van der Waals surface area contributed by atoms with Gasteiger partial charge in [0.25, 0.3) is 5.91 Å². The number of aromatic amines is 2. The minimum Gasteiger partial charge on any atom is -0.497 e. The van der Waals surface area contributed by atoms with Crippen LogP contribution in [0.15, 0.2) is 42.5 Å². The second kappa shape index (κ2) is 6.63. The molecular formula is C17H15N7O2. The Hall–Kier alpha value is -3.75. The Kier molecular flexibility index (Phi) is 4.02. The third-order valence-electron chi connectivity index (χ3n) is 3.87. The van der Waals surface area contributed by atoms with E-state index < -0.39 is 0 Å². The molecule has 3 N–H and O–H groups in total. The van der Waals surface area contributed by atoms with Crippen molar-refractivity contribution in [2.45, 2.75) is 6.54 Å². The fourth-order valence-electron chi connectivity index (χ4n) is 2.49. The molecular weight excluding hydrogens is 334 g/mol. The number of hydrogen-bond donors (Lipinski definition) is 3. The molecule has 130 valence electrons. The van der Waals surface area contributed by atoms with Gasteiger partial charge in [-0.25, -0.2) is 4.98 Å². The second-order valence-electron chi connectivity index (χ2n) is 5.54. The molecule has 0 bridgehead atoms. The molecule has 0 aliphatic carbocycles. The Morgan fingerprint density at radius 1 is 1.08 bits per heavy atom. The van der Waals surface area contributed by atoms with Crippen molar-refractivity contribution in [2.75, 3.05) is 7.11 Å². The second-order valence-corrected chi connectivity index (χ2v) is 5.54. The summed E-state index contributed by atoms with van der Waals surface area (Å²) in [7, 11) is 1.61. The van der Waals surface area contributed by atoms with Gasteiger partial charge in [-0.05, 0) is 42.5 Å². The van der Waals surface area contributed by atoms with Gasteiger partial charge in [0.2, 0.25) is 0 Å². The Morgan fingerprint density at radius 2 is 1.88 bits per heavy atom. The van der Waals surface area contributed by atoms with Crippen LogP contribution in [0.2, 0.25) is 0 Å². The highest BCUT2D eigenvalue weighted by Gasteiger charge is 2.10. The van der Waals surface area contributed by atoms with Crippen LogP contribution in [0.3, 0.4) is 0 Å². The SMILES string of the molecule is COc1ccc(-c2n[nH]c(CNC(=O)c3ccc4n[nH]nc4c3)n2)cc1. The van der Waals surface area contributed by atoms with E-state index in [0.29, 0.717) is 28.2 Å². The van der Waals surface area contributed by atoms with E-state index in [-0.39, 0.29) is 12.5 Å². The normalized spacial score (nSPS) is 10.8. The Balaban J connectivity index is 1.42. The average molecular weight is 349 g/mol. The largest absolute Gasteiger partial charge is 0.497 e. The molecule has 2 heterocycles. The van der Waals surface area contributed by atoms with Crippen LogP contribution < -0.4 is 10.1 Å². The number of benzene rings is 2. The van der Waals surface area contributed by atoms with E-state index in [0.717, 1.165) is 11.3 Å². The van der Waals surface area contributed by atoms with Gasteiger partial charge in [0.15, 0.2) is 5.82 Å². The van der Waals surface area contributed by atoms with Crippen LogP contribution in [0.4, 0.5) is 0 Å². The summed E-state index contributed by atoms with van der Waals surface area (Å²) in [5.41, 5.74) is 2.71. The number of aromatic nitrogens is 6. The number of nitrogens with one attached hydrogen (secondary N) is 3. The van der Waals surface area contributed by atoms with Crippen molar-refractivity contribution in [3.05, 3.63) is 53.9 Å². The highest BCUT2D eigenvalue weighted by atomic mass is 16.5. The molecule has 0 saturated carbocycles. The molecule has 2 aromatic carbocycles. The van der Waals surface area contributed by atoms with Gasteiger partial charge < -0.3 is 10.1 Å². The minimum absolute atomic E-state index is 0.225. The lowest BCUT2D eigenvalue weighted by atomic mass is 10.2. The fraction of sp³-hybridized carbons (Fsp3) is 0.118. The van der Waals surface area contributed by atoms with Crippen LogP contribution in [0.25, 0.3) is 22.4 Å². The van der Waals surface area contributed by atoms with E-state index in [1.54, 1.807) is 25.3 Å². The number of hydrogen-bond acceptors (Lipinski definition) is 6. The maximum atomic E-state index is 12.3. The van der Waals surface area contributed by atoms with Gasteiger partial charge in [0.05, 0.1) is 13.7 Å². The first-order chi connectivity index (χ1) is 12.7. The van der Waals surface area contributed by atoms with Crippen molar-refractivity contribution in [3.63, 3.8) is 0 Å². The van der Waals surface area contributed by atoms with E-state index >= 15 is 0 Å². The third-order valence-corrected chi connectivity index (χ3v) is 3.87. The number of H-pyrrole nitrogens is 2. The number of amides is 1. The zero-order valence-corrected chi connectivity index (χ0v) is 13.9. The van der Waals surface area contributed by atoms with E-state index in [1.165, 1.54) is 0 Å². The summed E-state index contributed by atoms with van der Waals surface area (Å²) in [5.74, 6) is 1.66. The topological polar surface area (TPSA) is 121 Å². The smallest absolute Gasteiger partial charge is 0.251 e. The van der Waals surface area contributed by atoms with E-state index in [4.69, 9.17) is 4.74 Å². The van der Waals surface area contributed by atoms with E-state index in [9.17, 15) is 4.79 Å². The van der Waals surface area contributed by atoms with Crippen LogP contribution >= 0.6 is 0 Å². The van der Waals surface area contributed by atoms with Crippen LogP contribution in [-0.2, 0) is 6.54 Å². The van der Waals surface area contributed by atoms with Crippen molar-refractivity contribution in [2.24, 2.45) is 0 Å². The maximum Gasteiger partial charge on any atom is 0.251 e. The molecule has 2 aromatic heterocycles. The molecule has 0 aliphatic rings. The molecule has 4 aromatic rings. The quantitative estimate of drug-likeness (QED) is 0.504. The first kappa shape index (κ1) is 15.8. The number of methoxy groups -OCH3 is 1. The summed E-state index contributed by atoms with van der Waals surface area (Å²) in [4.78, 5) is 16.7. The van der Waals surface area contributed by atoms with Gasteiger partial charge in [-0.1, -0.05) is 0 Å². The highest BCUT2D eigenvalue weighted by Crippen LogP contribution is 2.19. The lowest BCUT2D eigenvalue weighted by Crippen LogP contribution is -2.23. The average Bonchev–Trinajstić information content (AvgIpc) is 3.35.